The van der Waals surface area contributed by atoms with Crippen LogP contribution in [-0.2, 0) is 0 Å². The first kappa shape index (κ1) is 9.24. The average Bonchev–Trinajstić information content (AvgIpc) is 2.07. The van der Waals surface area contributed by atoms with E-state index in [0.29, 0.717) is 11.8 Å². The summed E-state index contributed by atoms with van der Waals surface area (Å²) in [5, 5.41) is 0. The van der Waals surface area contributed by atoms with Crippen molar-refractivity contribution in [2.45, 2.75) is 33.1 Å². The minimum Gasteiger partial charge on any atom is -0.264 e. The van der Waals surface area contributed by atoms with Crippen molar-refractivity contribution in [3.8, 4) is 0 Å². The molecule has 1 rings (SSSR count). The zero-order valence-corrected chi connectivity index (χ0v) is 8.12. The van der Waals surface area contributed by atoms with Gasteiger partial charge in [-0.1, -0.05) is 26.8 Å². The van der Waals surface area contributed by atoms with E-state index in [9.17, 15) is 0 Å². The molecule has 12 heavy (non-hydrogen) atoms. The van der Waals surface area contributed by atoms with Crippen molar-refractivity contribution in [3.63, 3.8) is 0 Å². The van der Waals surface area contributed by atoms with Crippen molar-refractivity contribution >= 4 is 0 Å². The normalized spacial score (nSPS) is 13.3. The molecule has 0 saturated heterocycles. The van der Waals surface area contributed by atoms with Crippen molar-refractivity contribution in [2.75, 3.05) is 0 Å². The quantitative estimate of drug-likeness (QED) is 0.666. The van der Waals surface area contributed by atoms with Gasteiger partial charge in [0.15, 0.2) is 0 Å². The predicted octanol–water partition coefficient (Wildman–Crippen LogP) is 3.23. The number of aromatic nitrogens is 1. The van der Waals surface area contributed by atoms with Crippen LogP contribution in [0.25, 0.3) is 0 Å². The van der Waals surface area contributed by atoms with Crippen LogP contribution in [0.15, 0.2) is 24.5 Å². The Kier molecular flexibility index (Phi) is 3.27. The monoisotopic (exact) mass is 163 g/mol. The van der Waals surface area contributed by atoms with Gasteiger partial charge in [0, 0.05) is 12.4 Å². The van der Waals surface area contributed by atoms with Gasteiger partial charge in [-0.2, -0.15) is 0 Å². The molecule has 1 heterocycles. The van der Waals surface area contributed by atoms with Crippen molar-refractivity contribution in [1.82, 2.24) is 4.98 Å². The Hall–Kier alpha value is -0.850. The zero-order valence-electron chi connectivity index (χ0n) is 8.12. The van der Waals surface area contributed by atoms with Gasteiger partial charge in [-0.25, -0.2) is 0 Å². The third-order valence-electron chi connectivity index (χ3n) is 2.36. The van der Waals surface area contributed by atoms with E-state index in [0.717, 1.165) is 0 Å². The fourth-order valence-corrected chi connectivity index (χ4v) is 1.69. The summed E-state index contributed by atoms with van der Waals surface area (Å²) >= 11 is 0. The summed E-state index contributed by atoms with van der Waals surface area (Å²) in [6, 6.07) is 4.18. The van der Waals surface area contributed by atoms with Crippen LogP contribution in [0.5, 0.6) is 0 Å². The topological polar surface area (TPSA) is 12.9 Å². The summed E-state index contributed by atoms with van der Waals surface area (Å²) < 4.78 is 0. The van der Waals surface area contributed by atoms with Gasteiger partial charge in [-0.05, 0) is 29.9 Å². The molecule has 66 valence electrons. The predicted molar refractivity (Wildman–Crippen MR) is 52.1 cm³/mol. The lowest BCUT2D eigenvalue weighted by molar-refractivity contribution is 0.484. The molecular formula is C11H17N. The number of rotatable bonds is 3. The number of hydrogen-bond donors (Lipinski definition) is 0. The average molecular weight is 163 g/mol. The minimum absolute atomic E-state index is 0.665. The van der Waals surface area contributed by atoms with Gasteiger partial charge in [-0.15, -0.1) is 0 Å². The summed E-state index contributed by atoms with van der Waals surface area (Å²) in [4.78, 5) is 4.14. The molecule has 1 heteroatoms. The second kappa shape index (κ2) is 4.24. The molecule has 0 aliphatic rings. The summed E-state index contributed by atoms with van der Waals surface area (Å²) in [6.07, 6.45) is 5.01. The third kappa shape index (κ3) is 2.07. The Labute approximate surface area is 74.8 Å². The molecule has 0 saturated carbocycles. The van der Waals surface area contributed by atoms with Crippen molar-refractivity contribution in [2.24, 2.45) is 5.92 Å². The highest BCUT2D eigenvalue weighted by Gasteiger charge is 2.12. The van der Waals surface area contributed by atoms with E-state index in [1.54, 1.807) is 0 Å². The summed E-state index contributed by atoms with van der Waals surface area (Å²) in [5.74, 6) is 1.37. The first-order chi connectivity index (χ1) is 5.75. The van der Waals surface area contributed by atoms with Crippen LogP contribution in [-0.4, -0.2) is 4.98 Å². The van der Waals surface area contributed by atoms with Gasteiger partial charge < -0.3 is 0 Å². The molecule has 0 aliphatic carbocycles. The maximum Gasteiger partial charge on any atom is 0.0302 e. The molecule has 0 fully saturated rings. The molecule has 1 aromatic rings. The maximum absolute atomic E-state index is 4.14. The third-order valence-corrected chi connectivity index (χ3v) is 2.36. The van der Waals surface area contributed by atoms with Crippen molar-refractivity contribution in [3.05, 3.63) is 30.1 Å². The standard InChI is InChI=1S/C11H17N/c1-4-11(9(2)3)10-6-5-7-12-8-10/h5-9,11H,4H2,1-3H3/t11-/m1/s1. The van der Waals surface area contributed by atoms with Gasteiger partial charge >= 0.3 is 0 Å². The van der Waals surface area contributed by atoms with E-state index < -0.39 is 0 Å². The van der Waals surface area contributed by atoms with Crippen LogP contribution < -0.4 is 0 Å². The van der Waals surface area contributed by atoms with Crippen LogP contribution in [0.2, 0.25) is 0 Å². The lowest BCUT2D eigenvalue weighted by Crippen LogP contribution is -2.05. The molecule has 0 spiro atoms. The first-order valence-corrected chi connectivity index (χ1v) is 4.65. The van der Waals surface area contributed by atoms with E-state index in [2.05, 4.69) is 31.8 Å². The molecule has 0 radical (unpaired) electrons. The highest BCUT2D eigenvalue weighted by Crippen LogP contribution is 2.26. The van der Waals surface area contributed by atoms with Gasteiger partial charge in [0.25, 0.3) is 0 Å². The maximum atomic E-state index is 4.14. The smallest absolute Gasteiger partial charge is 0.0302 e. The largest absolute Gasteiger partial charge is 0.264 e. The molecule has 0 bridgehead atoms. The van der Waals surface area contributed by atoms with Gasteiger partial charge in [0.1, 0.15) is 0 Å². The highest BCUT2D eigenvalue weighted by molar-refractivity contribution is 5.14. The number of pyridine rings is 1. The first-order valence-electron chi connectivity index (χ1n) is 4.65. The molecular weight excluding hydrogens is 146 g/mol. The van der Waals surface area contributed by atoms with Crippen molar-refractivity contribution in [1.29, 1.82) is 0 Å². The van der Waals surface area contributed by atoms with E-state index in [-0.39, 0.29) is 0 Å². The fraction of sp³-hybridized carbons (Fsp3) is 0.545. The SMILES string of the molecule is CC[C@@H](c1cccnc1)C(C)C. The molecule has 0 aliphatic heterocycles. The molecule has 1 nitrogen and oxygen atoms in total. The summed E-state index contributed by atoms with van der Waals surface area (Å²) in [5.41, 5.74) is 1.37. The Morgan fingerprint density at radius 3 is 2.58 bits per heavy atom. The highest BCUT2D eigenvalue weighted by atomic mass is 14.6. The Bertz CT molecular complexity index is 216. The number of hydrogen-bond acceptors (Lipinski definition) is 1. The van der Waals surface area contributed by atoms with Gasteiger partial charge in [0.05, 0.1) is 0 Å². The fourth-order valence-electron chi connectivity index (χ4n) is 1.69. The van der Waals surface area contributed by atoms with Crippen LogP contribution in [0.3, 0.4) is 0 Å². The van der Waals surface area contributed by atoms with Crippen LogP contribution in [0.4, 0.5) is 0 Å². The Morgan fingerprint density at radius 2 is 2.17 bits per heavy atom. The zero-order chi connectivity index (χ0) is 8.97. The van der Waals surface area contributed by atoms with E-state index in [1.807, 2.05) is 18.5 Å². The summed E-state index contributed by atoms with van der Waals surface area (Å²) in [6.45, 7) is 6.76. The van der Waals surface area contributed by atoms with Crippen molar-refractivity contribution < 1.29 is 0 Å². The molecule has 0 unspecified atom stereocenters. The molecule has 1 atom stereocenters. The molecule has 0 N–H and O–H groups in total. The molecule has 0 amide bonds. The second-order valence-corrected chi connectivity index (χ2v) is 3.55. The van der Waals surface area contributed by atoms with Gasteiger partial charge in [-0.3, -0.25) is 4.98 Å². The van der Waals surface area contributed by atoms with E-state index in [1.165, 1.54) is 12.0 Å². The van der Waals surface area contributed by atoms with Crippen LogP contribution in [0, 0.1) is 5.92 Å². The van der Waals surface area contributed by atoms with E-state index in [4.69, 9.17) is 0 Å². The molecule has 0 aromatic carbocycles. The molecule has 1 aromatic heterocycles. The lowest BCUT2D eigenvalue weighted by atomic mass is 9.87. The summed E-state index contributed by atoms with van der Waals surface area (Å²) in [7, 11) is 0. The lowest BCUT2D eigenvalue weighted by Gasteiger charge is -2.18. The Balaban J connectivity index is 2.80. The Morgan fingerprint density at radius 1 is 1.42 bits per heavy atom. The van der Waals surface area contributed by atoms with E-state index >= 15 is 0 Å². The number of nitrogens with zero attached hydrogens (tertiary/aromatic N) is 1. The minimum atomic E-state index is 0.665. The second-order valence-electron chi connectivity index (χ2n) is 3.55. The van der Waals surface area contributed by atoms with Crippen LogP contribution >= 0.6 is 0 Å². The van der Waals surface area contributed by atoms with Gasteiger partial charge in [0.2, 0.25) is 0 Å². The van der Waals surface area contributed by atoms with Crippen LogP contribution in [0.1, 0.15) is 38.7 Å².